The van der Waals surface area contributed by atoms with Crippen LogP contribution in [0.15, 0.2) is 16.7 Å². The van der Waals surface area contributed by atoms with E-state index in [0.29, 0.717) is 24.1 Å². The van der Waals surface area contributed by atoms with Crippen molar-refractivity contribution in [3.05, 3.63) is 21.9 Å². The number of nitrogens with zero attached hydrogens (tertiary/aromatic N) is 1. The molecule has 0 radical (unpaired) electrons. The Kier molecular flexibility index (Phi) is 3.92. The SMILES string of the molecule is CC1(C)OCC(COc2cc(Br)cnc2Cl)O1. The molecule has 1 saturated heterocycles. The molecule has 6 heteroatoms. The molecule has 0 amide bonds. The predicted octanol–water partition coefficient (Wildman–Crippen LogP) is 3.03. The minimum Gasteiger partial charge on any atom is -0.488 e. The van der Waals surface area contributed by atoms with Crippen molar-refractivity contribution in [2.45, 2.75) is 25.7 Å². The normalized spacial score (nSPS) is 22.7. The molecule has 0 aliphatic carbocycles. The van der Waals surface area contributed by atoms with E-state index in [1.165, 1.54) is 0 Å². The van der Waals surface area contributed by atoms with Crippen LogP contribution in [0.4, 0.5) is 0 Å². The highest BCUT2D eigenvalue weighted by Gasteiger charge is 2.33. The molecule has 1 aliphatic heterocycles. The summed E-state index contributed by atoms with van der Waals surface area (Å²) in [6.07, 6.45) is 1.54. The van der Waals surface area contributed by atoms with Crippen molar-refractivity contribution in [1.82, 2.24) is 4.98 Å². The lowest BCUT2D eigenvalue weighted by atomic mass is 10.4. The van der Waals surface area contributed by atoms with Crippen LogP contribution in [0.25, 0.3) is 0 Å². The first kappa shape index (κ1) is 13.1. The maximum Gasteiger partial charge on any atom is 0.171 e. The Morgan fingerprint density at radius 2 is 2.41 bits per heavy atom. The fraction of sp³-hybridized carbons (Fsp3) is 0.545. The Morgan fingerprint density at radius 3 is 3.06 bits per heavy atom. The second kappa shape index (κ2) is 5.10. The molecule has 0 aromatic carbocycles. The molecular formula is C11H13BrClNO3. The zero-order valence-corrected chi connectivity index (χ0v) is 11.9. The van der Waals surface area contributed by atoms with Gasteiger partial charge in [0.25, 0.3) is 0 Å². The van der Waals surface area contributed by atoms with Gasteiger partial charge in [-0.1, -0.05) is 11.6 Å². The van der Waals surface area contributed by atoms with Crippen molar-refractivity contribution in [2.24, 2.45) is 0 Å². The van der Waals surface area contributed by atoms with E-state index in [-0.39, 0.29) is 6.10 Å². The second-order valence-electron chi connectivity index (χ2n) is 4.20. The van der Waals surface area contributed by atoms with Gasteiger partial charge in [-0.05, 0) is 35.8 Å². The Balaban J connectivity index is 1.92. The van der Waals surface area contributed by atoms with Crippen molar-refractivity contribution < 1.29 is 14.2 Å². The molecule has 0 bridgehead atoms. The molecule has 94 valence electrons. The zero-order valence-electron chi connectivity index (χ0n) is 9.57. The van der Waals surface area contributed by atoms with Crippen molar-refractivity contribution in [3.63, 3.8) is 0 Å². The van der Waals surface area contributed by atoms with Gasteiger partial charge in [0.05, 0.1) is 6.61 Å². The van der Waals surface area contributed by atoms with Gasteiger partial charge in [0.1, 0.15) is 12.7 Å². The summed E-state index contributed by atoms with van der Waals surface area (Å²) in [5.74, 6) is 0.00205. The number of pyridine rings is 1. The van der Waals surface area contributed by atoms with Crippen LogP contribution in [0.1, 0.15) is 13.8 Å². The van der Waals surface area contributed by atoms with Gasteiger partial charge in [-0.25, -0.2) is 4.98 Å². The number of ether oxygens (including phenoxy) is 3. The molecule has 17 heavy (non-hydrogen) atoms. The molecule has 0 spiro atoms. The Bertz CT molecular complexity index is 414. The van der Waals surface area contributed by atoms with Gasteiger partial charge in [0.2, 0.25) is 0 Å². The van der Waals surface area contributed by atoms with Crippen LogP contribution in [0.2, 0.25) is 5.15 Å². The number of halogens is 2. The molecule has 1 unspecified atom stereocenters. The number of hydrogen-bond acceptors (Lipinski definition) is 4. The number of hydrogen-bond donors (Lipinski definition) is 0. The van der Waals surface area contributed by atoms with E-state index in [4.69, 9.17) is 25.8 Å². The van der Waals surface area contributed by atoms with Gasteiger partial charge in [-0.2, -0.15) is 0 Å². The van der Waals surface area contributed by atoms with Crippen LogP contribution in [0, 0.1) is 0 Å². The standard InChI is InChI=1S/C11H13BrClNO3/c1-11(2)16-6-8(17-11)5-15-9-3-7(12)4-14-10(9)13/h3-4,8H,5-6H2,1-2H3. The number of rotatable bonds is 3. The molecule has 4 nitrogen and oxygen atoms in total. The van der Waals surface area contributed by atoms with Crippen LogP contribution >= 0.6 is 27.5 Å². The highest BCUT2D eigenvalue weighted by Crippen LogP contribution is 2.27. The number of aromatic nitrogens is 1. The van der Waals surface area contributed by atoms with Gasteiger partial charge in [0, 0.05) is 10.7 Å². The van der Waals surface area contributed by atoms with Gasteiger partial charge < -0.3 is 14.2 Å². The van der Waals surface area contributed by atoms with Crippen molar-refractivity contribution in [1.29, 1.82) is 0 Å². The van der Waals surface area contributed by atoms with Crippen molar-refractivity contribution >= 4 is 27.5 Å². The van der Waals surface area contributed by atoms with Crippen LogP contribution < -0.4 is 4.74 Å². The lowest BCUT2D eigenvalue weighted by molar-refractivity contribution is -0.141. The van der Waals surface area contributed by atoms with E-state index in [9.17, 15) is 0 Å². The molecule has 1 fully saturated rings. The van der Waals surface area contributed by atoms with Gasteiger partial charge in [0.15, 0.2) is 16.7 Å². The maximum atomic E-state index is 5.91. The van der Waals surface area contributed by atoms with Crippen LogP contribution in [-0.2, 0) is 9.47 Å². The third-order valence-corrected chi connectivity index (χ3v) is 2.98. The third-order valence-electron chi connectivity index (χ3n) is 2.27. The molecule has 2 rings (SSSR count). The van der Waals surface area contributed by atoms with Crippen molar-refractivity contribution in [3.8, 4) is 5.75 Å². The molecule has 1 atom stereocenters. The topological polar surface area (TPSA) is 40.6 Å². The third kappa shape index (κ3) is 3.55. The first-order valence-corrected chi connectivity index (χ1v) is 6.39. The summed E-state index contributed by atoms with van der Waals surface area (Å²) in [6.45, 7) is 4.66. The summed E-state index contributed by atoms with van der Waals surface area (Å²) in [7, 11) is 0. The Hall–Kier alpha value is -0.360. The summed E-state index contributed by atoms with van der Waals surface area (Å²) in [6, 6.07) is 1.77. The molecular weight excluding hydrogens is 309 g/mol. The quantitative estimate of drug-likeness (QED) is 0.802. The largest absolute Gasteiger partial charge is 0.488 e. The monoisotopic (exact) mass is 321 g/mol. The van der Waals surface area contributed by atoms with E-state index in [1.807, 2.05) is 13.8 Å². The second-order valence-corrected chi connectivity index (χ2v) is 5.48. The smallest absolute Gasteiger partial charge is 0.171 e. The lowest BCUT2D eigenvalue weighted by Gasteiger charge is -2.17. The minimum atomic E-state index is -0.534. The van der Waals surface area contributed by atoms with Crippen LogP contribution in [0.3, 0.4) is 0 Å². The molecule has 1 aliphatic rings. The Labute approximate surface area is 113 Å². The first-order valence-electron chi connectivity index (χ1n) is 5.22. The van der Waals surface area contributed by atoms with Crippen LogP contribution in [-0.4, -0.2) is 30.1 Å². The van der Waals surface area contributed by atoms with E-state index in [0.717, 1.165) is 4.47 Å². The summed E-state index contributed by atoms with van der Waals surface area (Å²) < 4.78 is 17.4. The maximum absolute atomic E-state index is 5.91. The van der Waals surface area contributed by atoms with Gasteiger partial charge in [-0.3, -0.25) is 0 Å². The van der Waals surface area contributed by atoms with Crippen molar-refractivity contribution in [2.75, 3.05) is 13.2 Å². The fourth-order valence-electron chi connectivity index (χ4n) is 1.53. The van der Waals surface area contributed by atoms with E-state index < -0.39 is 5.79 Å². The molecule has 2 heterocycles. The molecule has 0 N–H and O–H groups in total. The van der Waals surface area contributed by atoms with E-state index >= 15 is 0 Å². The zero-order chi connectivity index (χ0) is 12.5. The highest BCUT2D eigenvalue weighted by atomic mass is 79.9. The average molecular weight is 323 g/mol. The summed E-state index contributed by atoms with van der Waals surface area (Å²) >= 11 is 9.22. The summed E-state index contributed by atoms with van der Waals surface area (Å²) in [5, 5.41) is 0.339. The molecule has 0 saturated carbocycles. The Morgan fingerprint density at radius 1 is 1.65 bits per heavy atom. The lowest BCUT2D eigenvalue weighted by Crippen LogP contribution is -2.25. The van der Waals surface area contributed by atoms with E-state index in [1.54, 1.807) is 12.3 Å². The van der Waals surface area contributed by atoms with Crippen LogP contribution in [0.5, 0.6) is 5.75 Å². The average Bonchev–Trinajstić information content (AvgIpc) is 2.60. The first-order chi connectivity index (χ1) is 7.96. The summed E-state index contributed by atoms with van der Waals surface area (Å²) in [5.41, 5.74) is 0. The highest BCUT2D eigenvalue weighted by molar-refractivity contribution is 9.10. The van der Waals surface area contributed by atoms with Gasteiger partial charge in [-0.15, -0.1) is 0 Å². The summed E-state index contributed by atoms with van der Waals surface area (Å²) in [4.78, 5) is 3.97. The molecule has 1 aromatic rings. The minimum absolute atomic E-state index is 0.0833. The van der Waals surface area contributed by atoms with Gasteiger partial charge >= 0.3 is 0 Å². The fourth-order valence-corrected chi connectivity index (χ4v) is 2.00. The molecule has 1 aromatic heterocycles. The van der Waals surface area contributed by atoms with E-state index in [2.05, 4.69) is 20.9 Å². The predicted molar refractivity (Wildman–Crippen MR) is 67.3 cm³/mol.